The molecule has 0 saturated carbocycles. The Balaban J connectivity index is 1.98. The van der Waals surface area contributed by atoms with Gasteiger partial charge in [0.15, 0.2) is 0 Å². The summed E-state index contributed by atoms with van der Waals surface area (Å²) >= 11 is 0. The van der Waals surface area contributed by atoms with Crippen LogP contribution in [-0.2, 0) is 11.3 Å². The van der Waals surface area contributed by atoms with E-state index in [-0.39, 0.29) is 5.97 Å². The van der Waals surface area contributed by atoms with Crippen LogP contribution in [0.2, 0.25) is 0 Å². The molecule has 2 N–H and O–H groups in total. The fourth-order valence-corrected chi connectivity index (χ4v) is 2.33. The van der Waals surface area contributed by atoms with Gasteiger partial charge in [0, 0.05) is 23.1 Å². The van der Waals surface area contributed by atoms with Crippen molar-refractivity contribution in [3.05, 3.63) is 36.9 Å². The van der Waals surface area contributed by atoms with Crippen molar-refractivity contribution < 1.29 is 14.6 Å². The number of anilines is 1. The highest BCUT2D eigenvalue weighted by molar-refractivity contribution is 5.97. The molecule has 5 nitrogen and oxygen atoms in total. The Bertz CT molecular complexity index is 631. The number of nitrogens with zero attached hydrogens (tertiary/aromatic N) is 1. The minimum absolute atomic E-state index is 0.273. The molecule has 99 valence electrons. The van der Waals surface area contributed by atoms with Gasteiger partial charge in [0.2, 0.25) is 0 Å². The van der Waals surface area contributed by atoms with Crippen LogP contribution in [0.4, 0.5) is 5.69 Å². The molecule has 1 aliphatic rings. The van der Waals surface area contributed by atoms with E-state index >= 15 is 0 Å². The zero-order valence-corrected chi connectivity index (χ0v) is 10.4. The number of aliphatic hydroxyl groups excluding tert-OH is 1. The van der Waals surface area contributed by atoms with Crippen molar-refractivity contribution in [3.63, 3.8) is 0 Å². The smallest absolute Gasteiger partial charge is 0.355 e. The summed E-state index contributed by atoms with van der Waals surface area (Å²) < 4.78 is 7.00. The van der Waals surface area contributed by atoms with Gasteiger partial charge in [0.05, 0.1) is 12.6 Å². The number of cyclic esters (lactones) is 1. The number of carbonyl (C=O) groups excluding carboxylic acids is 1. The lowest BCUT2D eigenvalue weighted by Crippen LogP contribution is -2.22. The van der Waals surface area contributed by atoms with Crippen molar-refractivity contribution in [2.75, 3.05) is 18.5 Å². The predicted octanol–water partition coefficient (Wildman–Crippen LogP) is 1.42. The number of carbonyl (C=O) groups is 1. The van der Waals surface area contributed by atoms with Crippen LogP contribution < -0.4 is 5.32 Å². The van der Waals surface area contributed by atoms with Crippen molar-refractivity contribution >= 4 is 22.6 Å². The topological polar surface area (TPSA) is 63.5 Å². The Morgan fingerprint density at radius 3 is 3.11 bits per heavy atom. The van der Waals surface area contributed by atoms with E-state index in [9.17, 15) is 4.79 Å². The van der Waals surface area contributed by atoms with Gasteiger partial charge in [-0.2, -0.15) is 0 Å². The minimum atomic E-state index is -0.645. The quantitative estimate of drug-likeness (QED) is 0.818. The largest absolute Gasteiger partial charge is 0.459 e. The molecular formula is C14H15N2O3. The number of ether oxygens (including phenoxy) is 1. The van der Waals surface area contributed by atoms with E-state index in [4.69, 9.17) is 9.84 Å². The second-order valence-corrected chi connectivity index (χ2v) is 4.63. The summed E-state index contributed by atoms with van der Waals surface area (Å²) in [5.74, 6) is -0.273. The van der Waals surface area contributed by atoms with E-state index in [1.165, 1.54) is 0 Å². The molecule has 5 heteroatoms. The molecule has 3 rings (SSSR count). The van der Waals surface area contributed by atoms with Crippen molar-refractivity contribution in [1.82, 2.24) is 4.57 Å². The first-order chi connectivity index (χ1) is 9.15. The number of esters is 1. The lowest BCUT2D eigenvalue weighted by Gasteiger charge is -2.15. The highest BCUT2D eigenvalue weighted by atomic mass is 16.5. The van der Waals surface area contributed by atoms with Gasteiger partial charge in [0.25, 0.3) is 0 Å². The van der Waals surface area contributed by atoms with Gasteiger partial charge in [-0.05, 0) is 31.2 Å². The summed E-state index contributed by atoms with van der Waals surface area (Å²) in [4.78, 5) is 11.7. The van der Waals surface area contributed by atoms with E-state index in [1.54, 1.807) is 0 Å². The Kier molecular flexibility index (Phi) is 2.91. The third-order valence-electron chi connectivity index (χ3n) is 3.20. The van der Waals surface area contributed by atoms with Gasteiger partial charge in [-0.15, -0.1) is 0 Å². The normalized spacial score (nSPS) is 16.0. The van der Waals surface area contributed by atoms with Crippen LogP contribution in [0.15, 0.2) is 24.3 Å². The number of nitrogens with one attached hydrogen (secondary N) is 1. The zero-order valence-electron chi connectivity index (χ0n) is 10.4. The number of benzene rings is 1. The van der Waals surface area contributed by atoms with Gasteiger partial charge >= 0.3 is 5.97 Å². The summed E-state index contributed by atoms with van der Waals surface area (Å²) in [6.45, 7) is 5.01. The molecule has 0 fully saturated rings. The average Bonchev–Trinajstić information content (AvgIpc) is 2.76. The maximum atomic E-state index is 11.7. The molecule has 1 radical (unpaired) electrons. The van der Waals surface area contributed by atoms with E-state index in [2.05, 4.69) is 12.2 Å². The van der Waals surface area contributed by atoms with Crippen LogP contribution in [0.25, 0.3) is 10.9 Å². The number of aromatic nitrogens is 1. The molecular weight excluding hydrogens is 244 g/mol. The second-order valence-electron chi connectivity index (χ2n) is 4.63. The van der Waals surface area contributed by atoms with Crippen LogP contribution in [0.3, 0.4) is 0 Å². The number of aliphatic hydroxyl groups is 1. The lowest BCUT2D eigenvalue weighted by molar-refractivity contribution is 0.0426. The molecule has 1 aromatic carbocycles. The Hall–Kier alpha value is -2.01. The molecule has 1 atom stereocenters. The number of hydrogen-bond donors (Lipinski definition) is 2. The lowest BCUT2D eigenvalue weighted by atomic mass is 10.2. The molecule has 19 heavy (non-hydrogen) atoms. The fraction of sp³-hybridized carbons (Fsp3) is 0.286. The number of fused-ring (bicyclic) bond motifs is 3. The van der Waals surface area contributed by atoms with Crippen LogP contribution in [0.1, 0.15) is 10.5 Å². The number of hydrogen-bond acceptors (Lipinski definition) is 4. The van der Waals surface area contributed by atoms with Crippen LogP contribution >= 0.6 is 0 Å². The number of rotatable bonds is 3. The van der Waals surface area contributed by atoms with Crippen LogP contribution in [-0.4, -0.2) is 34.9 Å². The highest BCUT2D eigenvalue weighted by Crippen LogP contribution is 2.25. The fourth-order valence-electron chi connectivity index (χ4n) is 2.33. The first-order valence-electron chi connectivity index (χ1n) is 6.20. The van der Waals surface area contributed by atoms with Crippen LogP contribution in [0, 0.1) is 6.92 Å². The third-order valence-corrected chi connectivity index (χ3v) is 3.20. The molecule has 1 unspecified atom stereocenters. The van der Waals surface area contributed by atoms with E-state index in [1.807, 2.05) is 28.8 Å². The molecule has 0 saturated heterocycles. The minimum Gasteiger partial charge on any atom is -0.459 e. The first-order valence-corrected chi connectivity index (χ1v) is 6.20. The average molecular weight is 259 g/mol. The summed E-state index contributed by atoms with van der Waals surface area (Å²) in [7, 11) is 0. The third kappa shape index (κ3) is 2.17. The molecule has 0 amide bonds. The molecule has 0 bridgehead atoms. The Morgan fingerprint density at radius 2 is 2.32 bits per heavy atom. The van der Waals surface area contributed by atoms with E-state index in [0.717, 1.165) is 16.6 Å². The Labute approximate surface area is 110 Å². The standard InChI is InChI=1S/C14H15N2O3/c1-9(17)8-15-11-2-3-12-10(6-11)7-13-14(18)19-5-4-16(12)13/h2-3,6-7,9,15,17H,1,4-5,8H2. The molecule has 0 aliphatic carbocycles. The van der Waals surface area contributed by atoms with Gasteiger partial charge in [-0.25, -0.2) is 4.79 Å². The molecule has 1 aliphatic heterocycles. The van der Waals surface area contributed by atoms with Crippen molar-refractivity contribution in [2.24, 2.45) is 0 Å². The summed E-state index contributed by atoms with van der Waals surface area (Å²) in [6, 6.07) is 7.69. The summed E-state index contributed by atoms with van der Waals surface area (Å²) in [6.07, 6.45) is -0.645. The van der Waals surface area contributed by atoms with E-state index in [0.29, 0.717) is 25.4 Å². The first kappa shape index (κ1) is 12.0. The van der Waals surface area contributed by atoms with Crippen molar-refractivity contribution in [3.8, 4) is 0 Å². The summed E-state index contributed by atoms with van der Waals surface area (Å²) in [5, 5.41) is 13.2. The van der Waals surface area contributed by atoms with Gasteiger partial charge in [0.1, 0.15) is 12.3 Å². The molecule has 1 aromatic heterocycles. The van der Waals surface area contributed by atoms with Gasteiger partial charge in [-0.3, -0.25) is 0 Å². The Morgan fingerprint density at radius 1 is 1.47 bits per heavy atom. The highest BCUT2D eigenvalue weighted by Gasteiger charge is 2.21. The predicted molar refractivity (Wildman–Crippen MR) is 72.1 cm³/mol. The van der Waals surface area contributed by atoms with Crippen molar-refractivity contribution in [1.29, 1.82) is 0 Å². The SMILES string of the molecule is [CH2]C(O)CNc1ccc2c(c1)cc1n2CCOC1=O. The van der Waals surface area contributed by atoms with Gasteiger partial charge < -0.3 is 19.7 Å². The summed E-state index contributed by atoms with van der Waals surface area (Å²) in [5.41, 5.74) is 2.51. The van der Waals surface area contributed by atoms with Crippen molar-refractivity contribution in [2.45, 2.75) is 12.6 Å². The van der Waals surface area contributed by atoms with Gasteiger partial charge in [-0.1, -0.05) is 0 Å². The molecule has 2 aromatic rings. The monoisotopic (exact) mass is 259 g/mol. The second kappa shape index (κ2) is 4.59. The van der Waals surface area contributed by atoms with Crippen LogP contribution in [0.5, 0.6) is 0 Å². The molecule has 2 heterocycles. The molecule has 0 spiro atoms. The van der Waals surface area contributed by atoms with E-state index < -0.39 is 6.10 Å². The maximum Gasteiger partial charge on any atom is 0.355 e. The zero-order chi connectivity index (χ0) is 13.4. The maximum absolute atomic E-state index is 11.7.